The number of carbonyl (C=O) groups excluding carboxylic acids is 1. The summed E-state index contributed by atoms with van der Waals surface area (Å²) in [4.78, 5) is 33.3. The van der Waals surface area contributed by atoms with Crippen LogP contribution in [0.15, 0.2) is 51.7 Å². The molecule has 4 aromatic rings. The van der Waals surface area contributed by atoms with Crippen molar-refractivity contribution < 1.29 is 9.53 Å². The number of hydrogen-bond donors (Lipinski definition) is 0. The Morgan fingerprint density at radius 3 is 2.55 bits per heavy atom. The number of amides is 1. The number of nitrogens with zero attached hydrogens (tertiary/aromatic N) is 4. The summed E-state index contributed by atoms with van der Waals surface area (Å²) in [6.07, 6.45) is 1.76. The summed E-state index contributed by atoms with van der Waals surface area (Å²) >= 11 is 4.68. The highest BCUT2D eigenvalue weighted by Crippen LogP contribution is 2.37. The average molecular weight is 525 g/mol. The van der Waals surface area contributed by atoms with E-state index < -0.39 is 0 Å². The Balaban J connectivity index is 1.60. The first-order valence-electron chi connectivity index (χ1n) is 10.8. The van der Waals surface area contributed by atoms with Crippen molar-refractivity contribution in [2.45, 2.75) is 26.7 Å². The first kappa shape index (κ1) is 21.8. The molecule has 2 aromatic carbocycles. The molecule has 0 N–H and O–H groups in total. The lowest BCUT2D eigenvalue weighted by Crippen LogP contribution is -2.32. The third-order valence-electron chi connectivity index (χ3n) is 5.39. The minimum Gasteiger partial charge on any atom is -0.494 e. The lowest BCUT2D eigenvalue weighted by molar-refractivity contribution is -0.113. The van der Waals surface area contributed by atoms with Crippen molar-refractivity contribution in [1.29, 1.82) is 0 Å². The van der Waals surface area contributed by atoms with Crippen LogP contribution < -0.4 is 19.7 Å². The number of thiazole rings is 1. The second-order valence-corrected chi connectivity index (χ2v) is 9.63. The zero-order valence-electron chi connectivity index (χ0n) is 18.2. The van der Waals surface area contributed by atoms with E-state index in [0.717, 1.165) is 39.9 Å². The van der Waals surface area contributed by atoms with Gasteiger partial charge in [0.05, 0.1) is 17.9 Å². The second kappa shape index (κ2) is 8.72. The third-order valence-corrected chi connectivity index (χ3v) is 6.92. The molecule has 1 aliphatic rings. The van der Waals surface area contributed by atoms with E-state index in [2.05, 4.69) is 32.9 Å². The molecule has 0 saturated heterocycles. The maximum atomic E-state index is 13.3. The van der Waals surface area contributed by atoms with E-state index in [4.69, 9.17) is 4.74 Å². The summed E-state index contributed by atoms with van der Waals surface area (Å²) in [6, 6.07) is 13.2. The van der Waals surface area contributed by atoms with Gasteiger partial charge in [0, 0.05) is 22.1 Å². The molecule has 9 heteroatoms. The highest BCUT2D eigenvalue weighted by Gasteiger charge is 2.34. The molecule has 0 spiro atoms. The Kier molecular flexibility index (Phi) is 5.76. The maximum absolute atomic E-state index is 13.3. The van der Waals surface area contributed by atoms with Crippen molar-refractivity contribution in [2.75, 3.05) is 18.1 Å². The van der Waals surface area contributed by atoms with Crippen molar-refractivity contribution in [3.63, 3.8) is 0 Å². The van der Waals surface area contributed by atoms with Gasteiger partial charge in [-0.3, -0.25) is 9.59 Å². The lowest BCUT2D eigenvalue weighted by Gasteiger charge is -2.15. The molecular weight excluding hydrogens is 504 g/mol. The molecule has 0 fully saturated rings. The molecule has 2 aromatic heterocycles. The Hall–Kier alpha value is -3.04. The van der Waals surface area contributed by atoms with E-state index in [1.807, 2.05) is 49.4 Å². The van der Waals surface area contributed by atoms with E-state index in [0.29, 0.717) is 34.0 Å². The number of benzene rings is 2. The summed E-state index contributed by atoms with van der Waals surface area (Å²) in [7, 11) is 0. The molecule has 7 nitrogen and oxygen atoms in total. The SMILES string of the molecule is CCCOc1ccc(-c2nc3sc(=C4C(=O)N(CCC)c5ccc(Br)cc54)c(=O)n3n2)cc1. The van der Waals surface area contributed by atoms with Crippen molar-refractivity contribution >= 4 is 49.4 Å². The Morgan fingerprint density at radius 1 is 1.06 bits per heavy atom. The number of aromatic nitrogens is 3. The molecule has 0 radical (unpaired) electrons. The smallest absolute Gasteiger partial charge is 0.291 e. The third kappa shape index (κ3) is 3.75. The summed E-state index contributed by atoms with van der Waals surface area (Å²) < 4.78 is 8.12. The summed E-state index contributed by atoms with van der Waals surface area (Å²) in [5.74, 6) is 1.09. The van der Waals surface area contributed by atoms with Gasteiger partial charge < -0.3 is 9.64 Å². The molecule has 1 amide bonds. The van der Waals surface area contributed by atoms with Gasteiger partial charge in [-0.05, 0) is 55.3 Å². The molecular formula is C24H21BrN4O3S. The number of ether oxygens (including phenoxy) is 1. The minimum absolute atomic E-state index is 0.158. The van der Waals surface area contributed by atoms with E-state index >= 15 is 0 Å². The van der Waals surface area contributed by atoms with Crippen LogP contribution in [0.2, 0.25) is 0 Å². The molecule has 0 bridgehead atoms. The normalized spacial score (nSPS) is 14.9. The fourth-order valence-electron chi connectivity index (χ4n) is 3.90. The summed E-state index contributed by atoms with van der Waals surface area (Å²) in [5.41, 5.74) is 2.46. The molecule has 168 valence electrons. The number of anilines is 1. The molecule has 0 unspecified atom stereocenters. The van der Waals surface area contributed by atoms with Gasteiger partial charge in [-0.2, -0.15) is 9.50 Å². The fourth-order valence-corrected chi connectivity index (χ4v) is 5.26. The Bertz CT molecular complexity index is 1480. The first-order chi connectivity index (χ1) is 16.0. The van der Waals surface area contributed by atoms with Crippen LogP contribution in [0, 0.1) is 0 Å². The zero-order chi connectivity index (χ0) is 23.1. The van der Waals surface area contributed by atoms with Gasteiger partial charge >= 0.3 is 0 Å². The van der Waals surface area contributed by atoms with Crippen molar-refractivity contribution in [3.8, 4) is 17.1 Å². The van der Waals surface area contributed by atoms with E-state index in [9.17, 15) is 9.59 Å². The number of carbonyl (C=O) groups is 1. The van der Waals surface area contributed by atoms with Gasteiger partial charge in [0.1, 0.15) is 10.3 Å². The van der Waals surface area contributed by atoms with E-state index in [-0.39, 0.29) is 11.5 Å². The van der Waals surface area contributed by atoms with Gasteiger partial charge in [0.2, 0.25) is 4.96 Å². The quantitative estimate of drug-likeness (QED) is 0.380. The van der Waals surface area contributed by atoms with Gasteiger partial charge in [0.25, 0.3) is 11.5 Å². The van der Waals surface area contributed by atoms with Gasteiger partial charge in [-0.1, -0.05) is 41.1 Å². The molecule has 5 rings (SSSR count). The first-order valence-corrected chi connectivity index (χ1v) is 12.4. The fraction of sp³-hybridized carbons (Fsp3) is 0.250. The van der Waals surface area contributed by atoms with Crippen LogP contribution in [0.1, 0.15) is 32.3 Å². The standard InChI is InChI=1S/C24H21BrN4O3S/c1-3-11-28-18-10-7-15(25)13-17(18)19(22(28)30)20-23(31)29-24(33-20)26-21(27-29)14-5-8-16(9-6-14)32-12-4-2/h5-10,13H,3-4,11-12H2,1-2H3. The molecule has 33 heavy (non-hydrogen) atoms. The molecule has 0 saturated carbocycles. The lowest BCUT2D eigenvalue weighted by atomic mass is 10.1. The van der Waals surface area contributed by atoms with Gasteiger partial charge in [0.15, 0.2) is 5.82 Å². The summed E-state index contributed by atoms with van der Waals surface area (Å²) in [6.45, 7) is 5.33. The number of hydrogen-bond acceptors (Lipinski definition) is 6. The minimum atomic E-state index is -0.329. The van der Waals surface area contributed by atoms with Crippen LogP contribution in [0.3, 0.4) is 0 Å². The zero-order valence-corrected chi connectivity index (χ0v) is 20.6. The summed E-state index contributed by atoms with van der Waals surface area (Å²) in [5, 5.41) is 4.44. The predicted molar refractivity (Wildman–Crippen MR) is 133 cm³/mol. The molecule has 3 heterocycles. The van der Waals surface area contributed by atoms with Crippen LogP contribution >= 0.6 is 27.3 Å². The van der Waals surface area contributed by atoms with Crippen LogP contribution in [-0.4, -0.2) is 33.7 Å². The Morgan fingerprint density at radius 2 is 1.85 bits per heavy atom. The number of fused-ring (bicyclic) bond motifs is 2. The number of rotatable bonds is 6. The van der Waals surface area contributed by atoms with Crippen LogP contribution in [-0.2, 0) is 4.79 Å². The van der Waals surface area contributed by atoms with E-state index in [1.54, 1.807) is 4.90 Å². The Labute approximate surface area is 202 Å². The number of halogens is 1. The maximum Gasteiger partial charge on any atom is 0.291 e. The van der Waals surface area contributed by atoms with Crippen LogP contribution in [0.25, 0.3) is 21.9 Å². The van der Waals surface area contributed by atoms with Crippen molar-refractivity contribution in [2.24, 2.45) is 0 Å². The average Bonchev–Trinajstić information content (AvgIpc) is 3.44. The van der Waals surface area contributed by atoms with Crippen LogP contribution in [0.5, 0.6) is 5.75 Å². The highest BCUT2D eigenvalue weighted by molar-refractivity contribution is 9.10. The topological polar surface area (TPSA) is 76.8 Å². The second-order valence-electron chi connectivity index (χ2n) is 7.73. The predicted octanol–water partition coefficient (Wildman–Crippen LogP) is 4.04. The van der Waals surface area contributed by atoms with Gasteiger partial charge in [-0.25, -0.2) is 0 Å². The molecule has 0 atom stereocenters. The van der Waals surface area contributed by atoms with Crippen LogP contribution in [0.4, 0.5) is 5.69 Å². The van der Waals surface area contributed by atoms with E-state index in [1.165, 1.54) is 15.9 Å². The van der Waals surface area contributed by atoms with Crippen molar-refractivity contribution in [1.82, 2.24) is 14.6 Å². The monoisotopic (exact) mass is 524 g/mol. The van der Waals surface area contributed by atoms with Crippen molar-refractivity contribution in [3.05, 3.63) is 67.4 Å². The molecule has 0 aliphatic carbocycles. The highest BCUT2D eigenvalue weighted by atomic mass is 79.9. The van der Waals surface area contributed by atoms with Gasteiger partial charge in [-0.15, -0.1) is 5.10 Å². The molecule has 1 aliphatic heterocycles. The largest absolute Gasteiger partial charge is 0.494 e.